The van der Waals surface area contributed by atoms with Crippen LogP contribution in [0, 0.1) is 0 Å². The molecule has 21 nitrogen and oxygen atoms in total. The molecule has 0 aromatic heterocycles. The second kappa shape index (κ2) is 19.0. The first-order valence-corrected chi connectivity index (χ1v) is 24.0. The van der Waals surface area contributed by atoms with Crippen LogP contribution < -0.4 is 16.2 Å². The van der Waals surface area contributed by atoms with Crippen molar-refractivity contribution >= 4 is 34.7 Å². The third kappa shape index (κ3) is 8.36. The molecule has 0 spiro atoms. The van der Waals surface area contributed by atoms with Gasteiger partial charge in [0, 0.05) is 89.6 Å². The highest BCUT2D eigenvalue weighted by atomic mass is 16.7. The first-order chi connectivity index (χ1) is 34.8. The lowest BCUT2D eigenvalue weighted by Gasteiger charge is -2.42. The van der Waals surface area contributed by atoms with Crippen LogP contribution in [0.3, 0.4) is 0 Å². The van der Waals surface area contributed by atoms with Crippen LogP contribution in [0.4, 0.5) is 0 Å². The lowest BCUT2D eigenvalue weighted by atomic mass is 9.72. The summed E-state index contributed by atoms with van der Waals surface area (Å²) < 4.78 is 28.8. The molecule has 4 aromatic rings. The molecule has 2 aliphatic heterocycles. The molecule has 0 radical (unpaired) electrons. The number of phenolic OH excluding ortho intramolecular Hbond substituents is 4. The van der Waals surface area contributed by atoms with Crippen molar-refractivity contribution in [3.05, 3.63) is 109 Å². The van der Waals surface area contributed by atoms with Gasteiger partial charge >= 0.3 is 0 Å². The number of benzene rings is 4. The second-order valence-electron chi connectivity index (χ2n) is 19.9. The molecule has 392 valence electrons. The number of ether oxygens (including phenoxy) is 5. The van der Waals surface area contributed by atoms with Crippen LogP contribution in [0.15, 0.2) is 42.5 Å². The zero-order valence-electron chi connectivity index (χ0n) is 40.8. The fraction of sp³-hybridized carbons (Fsp3) is 0.434. The summed E-state index contributed by atoms with van der Waals surface area (Å²) in [5, 5.41) is 87.9. The van der Waals surface area contributed by atoms with Crippen LogP contribution in [0.25, 0.3) is 0 Å². The van der Waals surface area contributed by atoms with E-state index in [9.17, 15) is 69.6 Å². The van der Waals surface area contributed by atoms with Gasteiger partial charge in [-0.05, 0) is 33.8 Å². The van der Waals surface area contributed by atoms with Crippen LogP contribution in [-0.2, 0) is 41.4 Å². The van der Waals surface area contributed by atoms with Gasteiger partial charge in [0.05, 0.1) is 71.6 Å². The minimum absolute atomic E-state index is 0.00588. The zero-order chi connectivity index (χ0) is 53.8. The lowest BCUT2D eigenvalue weighted by molar-refractivity contribution is -0.247. The molecular formula is C53H56N2O19. The average molecular weight is 1030 g/mol. The molecule has 2 fully saturated rings. The quantitative estimate of drug-likeness (QED) is 0.102. The van der Waals surface area contributed by atoms with E-state index in [-0.39, 0.29) is 87.1 Å². The summed E-state index contributed by atoms with van der Waals surface area (Å²) in [6.45, 7) is 5.59. The van der Waals surface area contributed by atoms with Gasteiger partial charge in [-0.2, -0.15) is 0 Å². The monoisotopic (exact) mass is 1020 g/mol. The van der Waals surface area contributed by atoms with Crippen LogP contribution in [-0.4, -0.2) is 143 Å². The van der Waals surface area contributed by atoms with Crippen LogP contribution >= 0.6 is 0 Å². The largest absolute Gasteiger partial charge is 0.507 e. The summed E-state index contributed by atoms with van der Waals surface area (Å²) in [6.07, 6.45) is -8.91. The topological polar surface area (TPSA) is 362 Å². The predicted molar refractivity (Wildman–Crippen MR) is 254 cm³/mol. The molecule has 12 N–H and O–H groups in total. The molecule has 10 rings (SSSR count). The smallest absolute Gasteiger partial charge is 0.202 e. The van der Waals surface area contributed by atoms with E-state index < -0.39 is 154 Å². The summed E-state index contributed by atoms with van der Waals surface area (Å²) in [5.41, 5.74) is 6.35. The van der Waals surface area contributed by atoms with E-state index in [4.69, 9.17) is 35.2 Å². The third-order valence-electron chi connectivity index (χ3n) is 15.3. The molecule has 2 heterocycles. The summed E-state index contributed by atoms with van der Waals surface area (Å²) in [4.78, 5) is 78.6. The Kier molecular flexibility index (Phi) is 13.5. The van der Waals surface area contributed by atoms with Crippen LogP contribution in [0.2, 0.25) is 0 Å². The van der Waals surface area contributed by atoms with Gasteiger partial charge in [0.15, 0.2) is 41.5 Å². The molecule has 0 bridgehead atoms. The summed E-state index contributed by atoms with van der Waals surface area (Å²) in [6, 6.07) is 9.15. The van der Waals surface area contributed by atoms with Gasteiger partial charge in [0.25, 0.3) is 0 Å². The summed E-state index contributed by atoms with van der Waals surface area (Å²) in [5.74, 6) is -6.23. The highest BCUT2D eigenvalue weighted by molar-refractivity contribution is 6.32. The van der Waals surface area contributed by atoms with Gasteiger partial charge in [-0.15, -0.1) is 0 Å². The number of carbonyl (C=O) groups excluding carboxylic acids is 6. The molecule has 6 aliphatic rings. The van der Waals surface area contributed by atoms with E-state index in [0.29, 0.717) is 0 Å². The number of phenols is 4. The number of aliphatic hydroxyl groups is 4. The van der Waals surface area contributed by atoms with E-state index in [1.807, 2.05) is 0 Å². The Balaban J connectivity index is 0.000000182. The van der Waals surface area contributed by atoms with Crippen molar-refractivity contribution in [1.29, 1.82) is 0 Å². The van der Waals surface area contributed by atoms with Gasteiger partial charge < -0.3 is 76.0 Å². The summed E-state index contributed by atoms with van der Waals surface area (Å²) >= 11 is 0. The minimum atomic E-state index is -2.00. The predicted octanol–water partition coefficient (Wildman–Crippen LogP) is 2.05. The van der Waals surface area contributed by atoms with Crippen molar-refractivity contribution in [2.45, 2.75) is 139 Å². The first-order valence-electron chi connectivity index (χ1n) is 24.0. The number of aliphatic hydroxyl groups excluding tert-OH is 2. The SMILES string of the molecule is CC(=O)[C@]1(O)Cc2c(O)c3c(c(O)c2[C@@H](O[C@H]2C[C@H](N)[C@H](O)[C@H](C)O2)C1)C(=O)c1ccccc1C3=O.COc1cccc2c1C(=O)c1c(O)c3c(c(O)c1C2=O)C[C@@](O)(C(C)=O)C[C@@H]3O[C@H]1C[C@H](N)[C@H](O)[C@H](C)O1. The second-order valence-corrected chi connectivity index (χ2v) is 19.9. The number of fused-ring (bicyclic) bond motifs is 6. The Morgan fingerprint density at radius 3 is 1.35 bits per heavy atom. The van der Waals surface area contributed by atoms with Crippen molar-refractivity contribution in [3.63, 3.8) is 0 Å². The maximum Gasteiger partial charge on any atom is 0.202 e. The molecule has 21 heteroatoms. The van der Waals surface area contributed by atoms with Gasteiger partial charge in [-0.25, -0.2) is 0 Å². The van der Waals surface area contributed by atoms with Crippen molar-refractivity contribution in [3.8, 4) is 28.7 Å². The first kappa shape index (κ1) is 52.4. The van der Waals surface area contributed by atoms with Gasteiger partial charge in [0.2, 0.25) is 5.78 Å². The molecule has 0 amide bonds. The fourth-order valence-corrected chi connectivity index (χ4v) is 11.1. The number of hydrogen-bond acceptors (Lipinski definition) is 21. The number of ketones is 6. The Bertz CT molecular complexity index is 3060. The number of rotatable bonds is 7. The van der Waals surface area contributed by atoms with Crippen LogP contribution in [0.1, 0.15) is 152 Å². The van der Waals surface area contributed by atoms with Gasteiger partial charge in [0.1, 0.15) is 39.9 Å². The molecule has 4 aliphatic carbocycles. The van der Waals surface area contributed by atoms with Gasteiger partial charge in [-0.1, -0.05) is 36.4 Å². The summed E-state index contributed by atoms with van der Waals surface area (Å²) in [7, 11) is 1.34. The normalized spacial score (nSPS) is 30.9. The maximum absolute atomic E-state index is 13.6. The van der Waals surface area contributed by atoms with E-state index >= 15 is 0 Å². The van der Waals surface area contributed by atoms with E-state index in [1.54, 1.807) is 26.0 Å². The molecule has 12 atom stereocenters. The molecule has 0 saturated carbocycles. The molecular weight excluding hydrogens is 969 g/mol. The number of hydrogen-bond donors (Lipinski definition) is 10. The van der Waals surface area contributed by atoms with E-state index in [2.05, 4.69) is 0 Å². The van der Waals surface area contributed by atoms with E-state index in [0.717, 1.165) is 0 Å². The van der Waals surface area contributed by atoms with Crippen molar-refractivity contribution in [1.82, 2.24) is 0 Å². The van der Waals surface area contributed by atoms with Gasteiger partial charge in [-0.3, -0.25) is 28.8 Å². The third-order valence-corrected chi connectivity index (χ3v) is 15.3. The standard InChI is InChI=1S/C27H29NO10.C26H27NO9/c1-10-22(30)14(28)7-17(37-10)38-16-9-27(35,11(2)29)8-13-19(16)26(34)21-20(24(13)32)23(31)12-5-4-6-15(36-3)18(12)25(21)33;1-10-21(29)15(27)7-17(35-10)36-16-9-26(34,11(2)28)8-14-18(16)25(33)20-19(24(14)32)22(30)12-5-3-4-6-13(12)23(20)31/h4-6,10,14,16-17,22,30,32,34-35H,7-9,28H2,1-3H3;3-6,10,15-17,21,29,32-34H,7-9,27H2,1-2H3/t10-,14-,16-,17-,22+,27-;10-,15-,16-,17-,21+,26-/m00/s1. The Morgan fingerprint density at radius 1 is 0.581 bits per heavy atom. The van der Waals surface area contributed by atoms with E-state index in [1.165, 1.54) is 51.3 Å². The lowest BCUT2D eigenvalue weighted by Crippen LogP contribution is -2.52. The molecule has 74 heavy (non-hydrogen) atoms. The number of carbonyl (C=O) groups is 6. The van der Waals surface area contributed by atoms with Crippen molar-refractivity contribution in [2.24, 2.45) is 11.5 Å². The highest BCUT2D eigenvalue weighted by Gasteiger charge is 2.51. The average Bonchev–Trinajstić information content (AvgIpc) is 3.35. The number of Topliss-reactive ketones (excluding diaryl/α,β-unsaturated/α-hetero) is 2. The maximum atomic E-state index is 13.6. The Labute approximate surface area is 422 Å². The van der Waals surface area contributed by atoms with Crippen molar-refractivity contribution < 1.29 is 93.3 Å². The molecule has 2 saturated heterocycles. The number of nitrogens with two attached hydrogens (primary N) is 2. The van der Waals surface area contributed by atoms with Crippen molar-refractivity contribution in [2.75, 3.05) is 7.11 Å². The minimum Gasteiger partial charge on any atom is -0.507 e. The van der Waals surface area contributed by atoms with Crippen LogP contribution in [0.5, 0.6) is 28.7 Å². The number of aromatic hydroxyl groups is 4. The molecule has 4 aromatic carbocycles. The highest BCUT2D eigenvalue weighted by Crippen LogP contribution is 2.54. The Hall–Kier alpha value is -6.50. The molecule has 0 unspecified atom stereocenters. The fourth-order valence-electron chi connectivity index (χ4n) is 11.1. The zero-order valence-corrected chi connectivity index (χ0v) is 40.8. The number of methoxy groups -OCH3 is 1. The Morgan fingerprint density at radius 2 is 0.959 bits per heavy atom.